The van der Waals surface area contributed by atoms with E-state index in [0.29, 0.717) is 26.2 Å². The number of nitrogens with zero attached hydrogens (tertiary/aromatic N) is 1. The van der Waals surface area contributed by atoms with Gasteiger partial charge in [0.2, 0.25) is 10.0 Å². The van der Waals surface area contributed by atoms with E-state index in [1.807, 2.05) is 13.8 Å². The quantitative estimate of drug-likeness (QED) is 0.918. The van der Waals surface area contributed by atoms with Gasteiger partial charge in [0, 0.05) is 19.6 Å². The number of rotatable bonds is 3. The highest BCUT2D eigenvalue weighted by molar-refractivity contribution is 7.89. The van der Waals surface area contributed by atoms with Crippen LogP contribution < -0.4 is 5.73 Å². The summed E-state index contributed by atoms with van der Waals surface area (Å²) in [5.74, 6) is 0. The summed E-state index contributed by atoms with van der Waals surface area (Å²) in [5.41, 5.74) is 5.83. The highest BCUT2D eigenvalue weighted by Crippen LogP contribution is 2.28. The van der Waals surface area contributed by atoms with Crippen molar-refractivity contribution < 1.29 is 13.2 Å². The lowest BCUT2D eigenvalue weighted by Crippen LogP contribution is -2.50. The highest BCUT2D eigenvalue weighted by Gasteiger charge is 2.35. The van der Waals surface area contributed by atoms with Gasteiger partial charge in [0.25, 0.3) is 0 Å². The van der Waals surface area contributed by atoms with Crippen LogP contribution in [0.15, 0.2) is 23.1 Å². The van der Waals surface area contributed by atoms with E-state index >= 15 is 0 Å². The molecule has 5 nitrogen and oxygen atoms in total. The lowest BCUT2D eigenvalue weighted by atomic mass is 10.1. The first kappa shape index (κ1) is 15.7. The van der Waals surface area contributed by atoms with Gasteiger partial charge < -0.3 is 10.5 Å². The van der Waals surface area contributed by atoms with Gasteiger partial charge in [-0.1, -0.05) is 17.7 Å². The van der Waals surface area contributed by atoms with Crippen LogP contribution in [0, 0.1) is 0 Å². The molecular weight excluding hydrogens is 300 g/mol. The Bertz CT molecular complexity index is 602. The molecule has 0 aliphatic carbocycles. The molecule has 1 aromatic rings. The summed E-state index contributed by atoms with van der Waals surface area (Å²) in [4.78, 5) is 0.120. The van der Waals surface area contributed by atoms with Crippen molar-refractivity contribution in [1.82, 2.24) is 4.31 Å². The van der Waals surface area contributed by atoms with E-state index in [9.17, 15) is 8.42 Å². The minimum atomic E-state index is -3.61. The average molecular weight is 319 g/mol. The average Bonchev–Trinajstić information content (AvgIpc) is 2.37. The SMILES string of the molecule is CC1(C)CN(S(=O)(=O)c2ccc(CN)cc2Cl)CCO1. The fraction of sp³-hybridized carbons (Fsp3) is 0.538. The molecule has 1 heterocycles. The predicted octanol–water partition coefficient (Wildman–Crippen LogP) is 1.60. The molecule has 0 spiro atoms. The Morgan fingerprint density at radius 3 is 2.70 bits per heavy atom. The van der Waals surface area contributed by atoms with Gasteiger partial charge in [-0.25, -0.2) is 8.42 Å². The van der Waals surface area contributed by atoms with Gasteiger partial charge in [0.05, 0.1) is 17.2 Å². The van der Waals surface area contributed by atoms with Crippen LogP contribution in [0.1, 0.15) is 19.4 Å². The molecule has 0 atom stereocenters. The third-order valence-electron chi connectivity index (χ3n) is 3.24. The van der Waals surface area contributed by atoms with Crippen LogP contribution in [-0.4, -0.2) is 38.0 Å². The van der Waals surface area contributed by atoms with Crippen molar-refractivity contribution in [2.24, 2.45) is 5.73 Å². The molecule has 1 aromatic carbocycles. The molecule has 20 heavy (non-hydrogen) atoms. The van der Waals surface area contributed by atoms with E-state index in [2.05, 4.69) is 0 Å². The third-order valence-corrected chi connectivity index (χ3v) is 5.57. The smallest absolute Gasteiger partial charge is 0.244 e. The van der Waals surface area contributed by atoms with Gasteiger partial charge in [-0.05, 0) is 31.5 Å². The van der Waals surface area contributed by atoms with Crippen LogP contribution in [0.4, 0.5) is 0 Å². The molecule has 0 aromatic heterocycles. The van der Waals surface area contributed by atoms with Gasteiger partial charge >= 0.3 is 0 Å². The van der Waals surface area contributed by atoms with Crippen LogP contribution in [0.25, 0.3) is 0 Å². The van der Waals surface area contributed by atoms with Crippen LogP contribution in [0.5, 0.6) is 0 Å². The Morgan fingerprint density at radius 1 is 1.45 bits per heavy atom. The molecule has 1 saturated heterocycles. The van der Waals surface area contributed by atoms with Crippen molar-refractivity contribution in [2.45, 2.75) is 30.9 Å². The molecule has 1 aliphatic heterocycles. The van der Waals surface area contributed by atoms with Crippen LogP contribution in [0.2, 0.25) is 5.02 Å². The standard InChI is InChI=1S/C13H19ClN2O3S/c1-13(2)9-16(5-6-19-13)20(17,18)12-4-3-10(8-15)7-11(12)14/h3-4,7H,5-6,8-9,15H2,1-2H3. The first-order chi connectivity index (χ1) is 9.26. The molecule has 0 saturated carbocycles. The summed E-state index contributed by atoms with van der Waals surface area (Å²) in [5, 5.41) is 0.206. The largest absolute Gasteiger partial charge is 0.373 e. The first-order valence-corrected chi connectivity index (χ1v) is 8.21. The molecular formula is C13H19ClN2O3S. The van der Waals surface area contributed by atoms with E-state index < -0.39 is 15.6 Å². The number of halogens is 1. The van der Waals surface area contributed by atoms with Gasteiger partial charge in [-0.3, -0.25) is 0 Å². The number of morpholine rings is 1. The van der Waals surface area contributed by atoms with Crippen molar-refractivity contribution >= 4 is 21.6 Å². The molecule has 112 valence electrons. The van der Waals surface area contributed by atoms with Crippen molar-refractivity contribution in [2.75, 3.05) is 19.7 Å². The lowest BCUT2D eigenvalue weighted by Gasteiger charge is -2.37. The van der Waals surface area contributed by atoms with Gasteiger partial charge in [-0.15, -0.1) is 0 Å². The molecule has 7 heteroatoms. The van der Waals surface area contributed by atoms with Gasteiger partial charge in [0.15, 0.2) is 0 Å². The Balaban J connectivity index is 2.35. The second-order valence-corrected chi connectivity index (χ2v) is 7.73. The number of hydrogen-bond acceptors (Lipinski definition) is 4. The maximum absolute atomic E-state index is 12.7. The van der Waals surface area contributed by atoms with E-state index in [-0.39, 0.29) is 9.92 Å². The topological polar surface area (TPSA) is 72.6 Å². The van der Waals surface area contributed by atoms with Crippen LogP contribution in [0.3, 0.4) is 0 Å². The zero-order valence-electron chi connectivity index (χ0n) is 11.6. The Hall–Kier alpha value is -0.660. The Morgan fingerprint density at radius 2 is 2.15 bits per heavy atom. The zero-order valence-corrected chi connectivity index (χ0v) is 13.2. The zero-order chi connectivity index (χ0) is 15.0. The van der Waals surface area contributed by atoms with Gasteiger partial charge in [-0.2, -0.15) is 4.31 Å². The molecule has 0 unspecified atom stereocenters. The number of nitrogens with two attached hydrogens (primary N) is 1. The summed E-state index contributed by atoms with van der Waals surface area (Å²) in [7, 11) is -3.61. The van der Waals surface area contributed by atoms with Crippen molar-refractivity contribution in [3.63, 3.8) is 0 Å². The van der Waals surface area contributed by atoms with Gasteiger partial charge in [0.1, 0.15) is 4.90 Å². The fourth-order valence-electron chi connectivity index (χ4n) is 2.20. The highest BCUT2D eigenvalue weighted by atomic mass is 35.5. The minimum absolute atomic E-state index is 0.120. The lowest BCUT2D eigenvalue weighted by molar-refractivity contribution is -0.0640. The Labute approximate surface area is 124 Å². The number of sulfonamides is 1. The summed E-state index contributed by atoms with van der Waals surface area (Å²) >= 11 is 6.09. The van der Waals surface area contributed by atoms with E-state index in [1.165, 1.54) is 10.4 Å². The van der Waals surface area contributed by atoms with Crippen molar-refractivity contribution in [3.05, 3.63) is 28.8 Å². The molecule has 1 fully saturated rings. The molecule has 2 N–H and O–H groups in total. The summed E-state index contributed by atoms with van der Waals surface area (Å²) in [6, 6.07) is 4.80. The summed E-state index contributed by atoms with van der Waals surface area (Å²) in [6.07, 6.45) is 0. The summed E-state index contributed by atoms with van der Waals surface area (Å²) < 4.78 is 32.3. The van der Waals surface area contributed by atoms with Crippen LogP contribution >= 0.6 is 11.6 Å². The number of ether oxygens (including phenoxy) is 1. The molecule has 0 amide bonds. The summed E-state index contributed by atoms with van der Waals surface area (Å²) in [6.45, 7) is 5.09. The van der Waals surface area contributed by atoms with Crippen molar-refractivity contribution in [3.8, 4) is 0 Å². The third kappa shape index (κ3) is 3.15. The van der Waals surface area contributed by atoms with E-state index in [4.69, 9.17) is 22.1 Å². The second kappa shape index (κ2) is 5.61. The van der Waals surface area contributed by atoms with E-state index in [1.54, 1.807) is 12.1 Å². The maximum atomic E-state index is 12.7. The normalized spacial score (nSPS) is 20.0. The number of hydrogen-bond donors (Lipinski definition) is 1. The number of benzene rings is 1. The van der Waals surface area contributed by atoms with E-state index in [0.717, 1.165) is 5.56 Å². The second-order valence-electron chi connectivity index (χ2n) is 5.42. The minimum Gasteiger partial charge on any atom is -0.373 e. The molecule has 0 bridgehead atoms. The fourth-order valence-corrected chi connectivity index (χ4v) is 4.31. The molecule has 2 rings (SSSR count). The molecule has 0 radical (unpaired) electrons. The van der Waals surface area contributed by atoms with Crippen molar-refractivity contribution in [1.29, 1.82) is 0 Å². The first-order valence-electron chi connectivity index (χ1n) is 6.39. The molecule has 1 aliphatic rings. The van der Waals surface area contributed by atoms with Crippen LogP contribution in [-0.2, 0) is 21.3 Å². The maximum Gasteiger partial charge on any atom is 0.244 e. The monoisotopic (exact) mass is 318 g/mol. The predicted molar refractivity (Wildman–Crippen MR) is 78.1 cm³/mol. The Kier molecular flexibility index (Phi) is 4.41.